The van der Waals surface area contributed by atoms with Crippen molar-refractivity contribution in [3.05, 3.63) is 83.0 Å². The Morgan fingerprint density at radius 2 is 1.83 bits per heavy atom. The number of rotatable bonds is 5. The van der Waals surface area contributed by atoms with Crippen LogP contribution in [0.1, 0.15) is 11.1 Å². The first-order chi connectivity index (χ1) is 11.3. The van der Waals surface area contributed by atoms with E-state index < -0.39 is 0 Å². The van der Waals surface area contributed by atoms with Gasteiger partial charge >= 0.3 is 0 Å². The molecule has 1 aromatic heterocycles. The highest BCUT2D eigenvalue weighted by Gasteiger charge is 2.06. The Morgan fingerprint density at radius 3 is 2.52 bits per heavy atom. The van der Waals surface area contributed by atoms with Crippen LogP contribution in [0.15, 0.2) is 66.9 Å². The molecular weight excluding hydrogens is 308 g/mol. The first-order valence-corrected chi connectivity index (χ1v) is 7.75. The molecular formula is C19H17ClN2O. The van der Waals surface area contributed by atoms with E-state index in [1.807, 2.05) is 60.7 Å². The molecule has 0 bridgehead atoms. The second kappa shape index (κ2) is 7.27. The van der Waals surface area contributed by atoms with Crippen molar-refractivity contribution in [1.82, 2.24) is 4.98 Å². The third-order valence-electron chi connectivity index (χ3n) is 3.56. The summed E-state index contributed by atoms with van der Waals surface area (Å²) in [6.07, 6.45) is 1.79. The van der Waals surface area contributed by atoms with E-state index >= 15 is 0 Å². The molecule has 4 heteroatoms. The van der Waals surface area contributed by atoms with E-state index in [0.717, 1.165) is 22.3 Å². The van der Waals surface area contributed by atoms with Crippen LogP contribution >= 0.6 is 11.6 Å². The van der Waals surface area contributed by atoms with Gasteiger partial charge in [0.2, 0.25) is 5.88 Å². The lowest BCUT2D eigenvalue weighted by Crippen LogP contribution is -2.00. The third kappa shape index (κ3) is 3.89. The maximum Gasteiger partial charge on any atom is 0.213 e. The quantitative estimate of drug-likeness (QED) is 0.754. The average Bonchev–Trinajstić information content (AvgIpc) is 2.61. The van der Waals surface area contributed by atoms with Crippen LogP contribution < -0.4 is 10.5 Å². The molecule has 0 saturated carbocycles. The summed E-state index contributed by atoms with van der Waals surface area (Å²) >= 11 is 6.02. The Morgan fingerprint density at radius 1 is 1.00 bits per heavy atom. The molecule has 2 aromatic carbocycles. The molecule has 2 N–H and O–H groups in total. The molecule has 0 aliphatic carbocycles. The van der Waals surface area contributed by atoms with Crippen molar-refractivity contribution in [2.24, 2.45) is 5.73 Å². The molecule has 0 spiro atoms. The van der Waals surface area contributed by atoms with Crippen LogP contribution in [0, 0.1) is 0 Å². The second-order valence-corrected chi connectivity index (χ2v) is 5.60. The monoisotopic (exact) mass is 324 g/mol. The summed E-state index contributed by atoms with van der Waals surface area (Å²) in [5.41, 5.74) is 9.94. The van der Waals surface area contributed by atoms with Gasteiger partial charge in [-0.15, -0.1) is 0 Å². The molecule has 0 radical (unpaired) electrons. The van der Waals surface area contributed by atoms with Gasteiger partial charge in [0.1, 0.15) is 6.61 Å². The third-order valence-corrected chi connectivity index (χ3v) is 3.80. The number of aromatic nitrogens is 1. The first kappa shape index (κ1) is 15.5. The minimum atomic E-state index is 0.433. The lowest BCUT2D eigenvalue weighted by atomic mass is 10.0. The summed E-state index contributed by atoms with van der Waals surface area (Å²) in [5, 5.41) is 0.685. The normalized spacial score (nSPS) is 10.5. The van der Waals surface area contributed by atoms with Crippen molar-refractivity contribution in [2.45, 2.75) is 13.2 Å². The Bertz CT molecular complexity index is 773. The molecule has 0 fully saturated rings. The maximum atomic E-state index is 6.02. The summed E-state index contributed by atoms with van der Waals surface area (Å²) in [6, 6.07) is 19.6. The Hall–Kier alpha value is -2.36. The highest BCUT2D eigenvalue weighted by atomic mass is 35.5. The van der Waals surface area contributed by atoms with E-state index in [9.17, 15) is 0 Å². The van der Waals surface area contributed by atoms with Crippen LogP contribution in [0.25, 0.3) is 11.1 Å². The molecule has 1 heterocycles. The number of nitrogens with two attached hydrogens (primary N) is 1. The van der Waals surface area contributed by atoms with Crippen molar-refractivity contribution in [3.63, 3.8) is 0 Å². The minimum Gasteiger partial charge on any atom is -0.473 e. The number of pyridine rings is 1. The second-order valence-electron chi connectivity index (χ2n) is 5.16. The van der Waals surface area contributed by atoms with Gasteiger partial charge in [0.25, 0.3) is 0 Å². The van der Waals surface area contributed by atoms with Gasteiger partial charge in [0.15, 0.2) is 0 Å². The predicted molar refractivity (Wildman–Crippen MR) is 93.3 cm³/mol. The van der Waals surface area contributed by atoms with E-state index in [-0.39, 0.29) is 0 Å². The van der Waals surface area contributed by atoms with Crippen LogP contribution in [0.4, 0.5) is 0 Å². The summed E-state index contributed by atoms with van der Waals surface area (Å²) in [5.74, 6) is 0.598. The van der Waals surface area contributed by atoms with E-state index in [0.29, 0.717) is 24.1 Å². The number of halogens is 1. The summed E-state index contributed by atoms with van der Waals surface area (Å²) in [7, 11) is 0. The van der Waals surface area contributed by atoms with E-state index in [1.54, 1.807) is 6.20 Å². The SMILES string of the molecule is NCc1cc(Cl)ccc1-c1ccc(OCc2ccccc2)nc1. The number of benzene rings is 2. The fraction of sp³-hybridized carbons (Fsp3) is 0.105. The first-order valence-electron chi connectivity index (χ1n) is 7.38. The molecule has 0 amide bonds. The molecule has 0 saturated heterocycles. The standard InChI is InChI=1S/C19H17ClN2O/c20-17-7-8-18(16(10-17)11-21)15-6-9-19(22-12-15)23-13-14-4-2-1-3-5-14/h1-10,12H,11,13,21H2. The van der Waals surface area contributed by atoms with Crippen LogP contribution in [0.5, 0.6) is 5.88 Å². The number of hydrogen-bond donors (Lipinski definition) is 1. The molecule has 0 aliphatic heterocycles. The van der Waals surface area contributed by atoms with Gasteiger partial charge < -0.3 is 10.5 Å². The summed E-state index contributed by atoms with van der Waals surface area (Å²) in [6.45, 7) is 0.935. The van der Waals surface area contributed by atoms with Gasteiger partial charge in [0.05, 0.1) is 0 Å². The molecule has 116 valence electrons. The molecule has 0 aliphatic rings. The van der Waals surface area contributed by atoms with Crippen molar-refractivity contribution in [3.8, 4) is 17.0 Å². The van der Waals surface area contributed by atoms with Gasteiger partial charge in [-0.3, -0.25) is 0 Å². The van der Waals surface area contributed by atoms with E-state index in [2.05, 4.69) is 4.98 Å². The Labute approximate surface area is 140 Å². The zero-order chi connectivity index (χ0) is 16.1. The summed E-state index contributed by atoms with van der Waals surface area (Å²) < 4.78 is 5.70. The van der Waals surface area contributed by atoms with Crippen molar-refractivity contribution in [2.75, 3.05) is 0 Å². The number of ether oxygens (including phenoxy) is 1. The number of nitrogens with zero attached hydrogens (tertiary/aromatic N) is 1. The van der Waals surface area contributed by atoms with Crippen LogP contribution in [-0.4, -0.2) is 4.98 Å². The van der Waals surface area contributed by atoms with Crippen molar-refractivity contribution in [1.29, 1.82) is 0 Å². The Balaban J connectivity index is 1.74. The fourth-order valence-electron chi connectivity index (χ4n) is 2.37. The van der Waals surface area contributed by atoms with Gasteiger partial charge in [0, 0.05) is 29.4 Å². The van der Waals surface area contributed by atoms with E-state index in [1.165, 1.54) is 0 Å². The van der Waals surface area contributed by atoms with Crippen molar-refractivity contribution < 1.29 is 4.74 Å². The average molecular weight is 325 g/mol. The highest BCUT2D eigenvalue weighted by molar-refractivity contribution is 6.30. The molecule has 23 heavy (non-hydrogen) atoms. The number of hydrogen-bond acceptors (Lipinski definition) is 3. The Kier molecular flexibility index (Phi) is 4.91. The molecule has 0 unspecified atom stereocenters. The van der Waals surface area contributed by atoms with Crippen LogP contribution in [-0.2, 0) is 13.2 Å². The van der Waals surface area contributed by atoms with E-state index in [4.69, 9.17) is 22.1 Å². The smallest absolute Gasteiger partial charge is 0.213 e. The highest BCUT2D eigenvalue weighted by Crippen LogP contribution is 2.27. The largest absolute Gasteiger partial charge is 0.473 e. The topological polar surface area (TPSA) is 48.1 Å². The maximum absolute atomic E-state index is 6.02. The lowest BCUT2D eigenvalue weighted by molar-refractivity contribution is 0.294. The van der Waals surface area contributed by atoms with Gasteiger partial charge in [-0.05, 0) is 34.9 Å². The van der Waals surface area contributed by atoms with Gasteiger partial charge in [-0.25, -0.2) is 4.98 Å². The molecule has 3 rings (SSSR count). The van der Waals surface area contributed by atoms with Crippen LogP contribution in [0.2, 0.25) is 5.02 Å². The summed E-state index contributed by atoms with van der Waals surface area (Å²) in [4.78, 5) is 4.37. The lowest BCUT2D eigenvalue weighted by Gasteiger charge is -2.10. The molecule has 3 aromatic rings. The fourth-order valence-corrected chi connectivity index (χ4v) is 2.56. The zero-order valence-corrected chi connectivity index (χ0v) is 13.3. The predicted octanol–water partition coefficient (Wildman–Crippen LogP) is 4.44. The zero-order valence-electron chi connectivity index (χ0n) is 12.6. The molecule has 3 nitrogen and oxygen atoms in total. The van der Waals surface area contributed by atoms with Crippen LogP contribution in [0.3, 0.4) is 0 Å². The van der Waals surface area contributed by atoms with Gasteiger partial charge in [-0.1, -0.05) is 48.0 Å². The molecule has 0 atom stereocenters. The van der Waals surface area contributed by atoms with Crippen molar-refractivity contribution >= 4 is 11.6 Å². The van der Waals surface area contributed by atoms with Gasteiger partial charge in [-0.2, -0.15) is 0 Å². The minimum absolute atomic E-state index is 0.433.